The van der Waals surface area contributed by atoms with Crippen molar-refractivity contribution in [2.75, 3.05) is 14.2 Å². The van der Waals surface area contributed by atoms with Crippen LogP contribution in [0.25, 0.3) is 0 Å². The molecular formula is C14H17ClN2O2S. The molecule has 6 heteroatoms. The number of ether oxygens (including phenoxy) is 2. The average molecular weight is 313 g/mol. The lowest BCUT2D eigenvalue weighted by atomic mass is 10.2. The topological polar surface area (TPSA) is 36.3 Å². The monoisotopic (exact) mass is 312 g/mol. The molecule has 4 nitrogen and oxygen atoms in total. The summed E-state index contributed by atoms with van der Waals surface area (Å²) in [6, 6.07) is 8.11. The molecule has 0 aliphatic carbocycles. The second kappa shape index (κ2) is 7.13. The fourth-order valence-corrected chi connectivity index (χ4v) is 2.83. The minimum atomic E-state index is -0.317. The SMILES string of the molecule is COC(OC)c1ccc(SCc2ncc(Cl)n2C)cc1. The standard InChI is InChI=1S/C14H17ClN2O2S/c1-17-12(15)8-16-13(17)9-20-11-6-4-10(5-7-11)14(18-2)19-3/h4-8,14H,9H2,1-3H3. The molecule has 0 saturated carbocycles. The number of benzene rings is 1. The van der Waals surface area contributed by atoms with Crippen LogP contribution >= 0.6 is 23.4 Å². The van der Waals surface area contributed by atoms with E-state index in [1.54, 1.807) is 32.2 Å². The molecule has 0 amide bonds. The van der Waals surface area contributed by atoms with Gasteiger partial charge in [0.05, 0.1) is 11.9 Å². The molecule has 20 heavy (non-hydrogen) atoms. The van der Waals surface area contributed by atoms with Crippen molar-refractivity contribution in [1.82, 2.24) is 9.55 Å². The minimum Gasteiger partial charge on any atom is -0.352 e. The summed E-state index contributed by atoms with van der Waals surface area (Å²) < 4.78 is 12.3. The molecule has 0 N–H and O–H groups in total. The van der Waals surface area contributed by atoms with Crippen molar-refractivity contribution in [3.63, 3.8) is 0 Å². The van der Waals surface area contributed by atoms with Crippen LogP contribution in [0.3, 0.4) is 0 Å². The molecule has 108 valence electrons. The predicted molar refractivity (Wildman–Crippen MR) is 81.0 cm³/mol. The molecule has 1 aromatic heterocycles. The smallest absolute Gasteiger partial charge is 0.183 e. The van der Waals surface area contributed by atoms with Crippen LogP contribution in [0.1, 0.15) is 17.7 Å². The van der Waals surface area contributed by atoms with E-state index < -0.39 is 0 Å². The zero-order chi connectivity index (χ0) is 14.5. The van der Waals surface area contributed by atoms with Crippen LogP contribution in [0, 0.1) is 0 Å². The van der Waals surface area contributed by atoms with Crippen molar-refractivity contribution in [3.05, 3.63) is 47.0 Å². The minimum absolute atomic E-state index is 0.317. The summed E-state index contributed by atoms with van der Waals surface area (Å²) in [6.07, 6.45) is 1.35. The van der Waals surface area contributed by atoms with E-state index in [2.05, 4.69) is 17.1 Å². The van der Waals surface area contributed by atoms with E-state index in [0.717, 1.165) is 17.1 Å². The molecule has 0 saturated heterocycles. The summed E-state index contributed by atoms with van der Waals surface area (Å²) in [5.41, 5.74) is 0.999. The van der Waals surface area contributed by atoms with Crippen LogP contribution < -0.4 is 0 Å². The average Bonchev–Trinajstić information content (AvgIpc) is 2.79. The lowest BCUT2D eigenvalue weighted by Crippen LogP contribution is -2.03. The molecule has 0 atom stereocenters. The summed E-state index contributed by atoms with van der Waals surface area (Å²) >= 11 is 7.68. The van der Waals surface area contributed by atoms with Crippen LogP contribution in [0.2, 0.25) is 5.15 Å². The Morgan fingerprint density at radius 1 is 1.25 bits per heavy atom. The van der Waals surface area contributed by atoms with Gasteiger partial charge in [-0.25, -0.2) is 4.98 Å². The molecule has 0 aliphatic rings. The number of rotatable bonds is 6. The van der Waals surface area contributed by atoms with E-state index in [-0.39, 0.29) is 6.29 Å². The van der Waals surface area contributed by atoms with E-state index in [0.29, 0.717) is 5.15 Å². The van der Waals surface area contributed by atoms with Gasteiger partial charge in [0.1, 0.15) is 11.0 Å². The Morgan fingerprint density at radius 3 is 2.40 bits per heavy atom. The Hall–Kier alpha value is -1.01. The van der Waals surface area contributed by atoms with Crippen LogP contribution in [0.4, 0.5) is 0 Å². The first-order valence-corrected chi connectivity index (χ1v) is 7.46. The van der Waals surface area contributed by atoms with Gasteiger partial charge in [-0.15, -0.1) is 11.8 Å². The van der Waals surface area contributed by atoms with Crippen molar-refractivity contribution in [2.24, 2.45) is 7.05 Å². The van der Waals surface area contributed by atoms with E-state index in [4.69, 9.17) is 21.1 Å². The van der Waals surface area contributed by atoms with Crippen LogP contribution in [-0.4, -0.2) is 23.8 Å². The van der Waals surface area contributed by atoms with Crippen molar-refractivity contribution in [2.45, 2.75) is 16.9 Å². The summed E-state index contributed by atoms with van der Waals surface area (Å²) in [4.78, 5) is 5.44. The van der Waals surface area contributed by atoms with Crippen molar-refractivity contribution >= 4 is 23.4 Å². The maximum atomic E-state index is 5.96. The number of hydrogen-bond acceptors (Lipinski definition) is 4. The summed E-state index contributed by atoms with van der Waals surface area (Å²) in [5.74, 6) is 1.73. The van der Waals surface area contributed by atoms with Gasteiger partial charge in [-0.1, -0.05) is 23.7 Å². The first-order chi connectivity index (χ1) is 9.65. The van der Waals surface area contributed by atoms with Gasteiger partial charge in [0.15, 0.2) is 6.29 Å². The van der Waals surface area contributed by atoms with Crippen molar-refractivity contribution < 1.29 is 9.47 Å². The van der Waals surface area contributed by atoms with Crippen molar-refractivity contribution in [3.8, 4) is 0 Å². The van der Waals surface area contributed by atoms with Gasteiger partial charge in [0.25, 0.3) is 0 Å². The fraction of sp³-hybridized carbons (Fsp3) is 0.357. The first kappa shape index (κ1) is 15.4. The summed E-state index contributed by atoms with van der Waals surface area (Å²) in [6.45, 7) is 0. The van der Waals surface area contributed by atoms with Crippen molar-refractivity contribution in [1.29, 1.82) is 0 Å². The van der Waals surface area contributed by atoms with Gasteiger partial charge in [-0.3, -0.25) is 0 Å². The molecule has 2 rings (SSSR count). The predicted octanol–water partition coefficient (Wildman–Crippen LogP) is 3.66. The van der Waals surface area contributed by atoms with E-state index in [9.17, 15) is 0 Å². The molecule has 0 radical (unpaired) electrons. The summed E-state index contributed by atoms with van der Waals surface area (Å²) in [5, 5.41) is 0.652. The van der Waals surface area contributed by atoms with Gasteiger partial charge in [0.2, 0.25) is 0 Å². The maximum Gasteiger partial charge on any atom is 0.183 e. The third-order valence-electron chi connectivity index (χ3n) is 2.98. The highest BCUT2D eigenvalue weighted by Gasteiger charge is 2.09. The molecule has 0 bridgehead atoms. The molecular weight excluding hydrogens is 296 g/mol. The Bertz CT molecular complexity index is 553. The van der Waals surface area contributed by atoms with Crippen LogP contribution in [0.15, 0.2) is 35.4 Å². The number of halogens is 1. The molecule has 2 aromatic rings. The highest BCUT2D eigenvalue weighted by molar-refractivity contribution is 7.98. The first-order valence-electron chi connectivity index (χ1n) is 6.10. The second-order valence-electron chi connectivity index (χ2n) is 4.22. The normalized spacial score (nSPS) is 11.2. The summed E-state index contributed by atoms with van der Waals surface area (Å²) in [7, 11) is 5.17. The molecule has 0 unspecified atom stereocenters. The Kier molecular flexibility index (Phi) is 5.48. The Balaban J connectivity index is 1.99. The van der Waals surface area contributed by atoms with Crippen LogP contribution in [0.5, 0.6) is 0 Å². The Labute approximate surface area is 128 Å². The van der Waals surface area contributed by atoms with Gasteiger partial charge >= 0.3 is 0 Å². The zero-order valence-electron chi connectivity index (χ0n) is 11.7. The number of aromatic nitrogens is 2. The number of methoxy groups -OCH3 is 2. The maximum absolute atomic E-state index is 5.96. The molecule has 1 heterocycles. The number of hydrogen-bond donors (Lipinski definition) is 0. The Morgan fingerprint density at radius 2 is 1.90 bits per heavy atom. The van der Waals surface area contributed by atoms with Gasteiger partial charge in [-0.05, 0) is 12.1 Å². The molecule has 0 aliphatic heterocycles. The van der Waals surface area contributed by atoms with Crippen LogP contribution in [-0.2, 0) is 22.3 Å². The number of thioether (sulfide) groups is 1. The quantitative estimate of drug-likeness (QED) is 0.602. The number of nitrogens with zero attached hydrogens (tertiary/aromatic N) is 2. The molecule has 0 spiro atoms. The zero-order valence-corrected chi connectivity index (χ0v) is 13.2. The van der Waals surface area contributed by atoms with E-state index >= 15 is 0 Å². The van der Waals surface area contributed by atoms with Gasteiger partial charge < -0.3 is 14.0 Å². The third kappa shape index (κ3) is 3.55. The van der Waals surface area contributed by atoms with Gasteiger partial charge in [-0.2, -0.15) is 0 Å². The van der Waals surface area contributed by atoms with Gasteiger partial charge in [0, 0.05) is 31.7 Å². The lowest BCUT2D eigenvalue weighted by Gasteiger charge is -2.13. The lowest BCUT2D eigenvalue weighted by molar-refractivity contribution is -0.106. The van der Waals surface area contributed by atoms with E-state index in [1.165, 1.54) is 4.90 Å². The second-order valence-corrected chi connectivity index (χ2v) is 5.65. The molecule has 1 aromatic carbocycles. The highest BCUT2D eigenvalue weighted by atomic mass is 35.5. The molecule has 0 fully saturated rings. The number of imidazole rings is 1. The largest absolute Gasteiger partial charge is 0.352 e. The third-order valence-corrected chi connectivity index (χ3v) is 4.34. The van der Waals surface area contributed by atoms with E-state index in [1.807, 2.05) is 23.7 Å². The fourth-order valence-electron chi connectivity index (χ4n) is 1.80. The highest BCUT2D eigenvalue weighted by Crippen LogP contribution is 2.25.